The number of nitrogens with one attached hydrogen (secondary N) is 2. The van der Waals surface area contributed by atoms with Gasteiger partial charge in [0.2, 0.25) is 0 Å². The van der Waals surface area contributed by atoms with Gasteiger partial charge in [-0.2, -0.15) is 0 Å². The lowest BCUT2D eigenvalue weighted by atomic mass is 10.0. The number of rotatable bonds is 3. The SMILES string of the molecule is COC(=O)[C@@H]1CCC[C@@H]1NC(=O)Nc1cc(C)ccc1F. The Balaban J connectivity index is 1.98. The first-order valence-corrected chi connectivity index (χ1v) is 6.92. The zero-order chi connectivity index (χ0) is 15.4. The van der Waals surface area contributed by atoms with Crippen LogP contribution in [-0.2, 0) is 9.53 Å². The van der Waals surface area contributed by atoms with Gasteiger partial charge >= 0.3 is 12.0 Å². The van der Waals surface area contributed by atoms with Crippen molar-refractivity contribution >= 4 is 17.7 Å². The topological polar surface area (TPSA) is 67.4 Å². The molecule has 2 rings (SSSR count). The highest BCUT2D eigenvalue weighted by atomic mass is 19.1. The second-order valence-corrected chi connectivity index (χ2v) is 5.25. The maximum atomic E-state index is 13.6. The number of carbonyl (C=O) groups is 2. The molecule has 1 saturated carbocycles. The summed E-state index contributed by atoms with van der Waals surface area (Å²) in [5.41, 5.74) is 0.972. The summed E-state index contributed by atoms with van der Waals surface area (Å²) in [6, 6.07) is 3.70. The van der Waals surface area contributed by atoms with Crippen LogP contribution in [0, 0.1) is 18.7 Å². The van der Waals surface area contributed by atoms with Crippen LogP contribution >= 0.6 is 0 Å². The van der Waals surface area contributed by atoms with Gasteiger partial charge in [-0.15, -0.1) is 0 Å². The number of urea groups is 1. The third-order valence-electron chi connectivity index (χ3n) is 3.71. The van der Waals surface area contributed by atoms with E-state index in [-0.39, 0.29) is 23.6 Å². The van der Waals surface area contributed by atoms with Crippen LogP contribution in [0.15, 0.2) is 18.2 Å². The molecule has 114 valence electrons. The first-order chi connectivity index (χ1) is 10.0. The van der Waals surface area contributed by atoms with E-state index in [0.717, 1.165) is 12.0 Å². The van der Waals surface area contributed by atoms with E-state index in [9.17, 15) is 14.0 Å². The van der Waals surface area contributed by atoms with Crippen molar-refractivity contribution in [3.63, 3.8) is 0 Å². The number of hydrogen-bond acceptors (Lipinski definition) is 3. The smallest absolute Gasteiger partial charge is 0.319 e. The summed E-state index contributed by atoms with van der Waals surface area (Å²) >= 11 is 0. The molecule has 1 aliphatic carbocycles. The highest BCUT2D eigenvalue weighted by Gasteiger charge is 2.34. The molecule has 21 heavy (non-hydrogen) atoms. The van der Waals surface area contributed by atoms with Crippen molar-refractivity contribution in [2.75, 3.05) is 12.4 Å². The van der Waals surface area contributed by atoms with Crippen LogP contribution in [0.2, 0.25) is 0 Å². The molecule has 0 saturated heterocycles. The maximum Gasteiger partial charge on any atom is 0.319 e. The number of amides is 2. The molecule has 1 aromatic carbocycles. The summed E-state index contributed by atoms with van der Waals surface area (Å²) in [5.74, 6) is -1.14. The molecule has 0 heterocycles. The Morgan fingerprint density at radius 3 is 2.81 bits per heavy atom. The number of anilines is 1. The van der Waals surface area contributed by atoms with Gasteiger partial charge in [-0.05, 0) is 37.5 Å². The molecule has 0 aliphatic heterocycles. The summed E-state index contributed by atoms with van der Waals surface area (Å²) in [4.78, 5) is 23.6. The van der Waals surface area contributed by atoms with Crippen LogP contribution in [-0.4, -0.2) is 25.2 Å². The molecule has 2 atom stereocenters. The molecule has 2 N–H and O–H groups in total. The van der Waals surface area contributed by atoms with Gasteiger partial charge in [0.25, 0.3) is 0 Å². The Hall–Kier alpha value is -2.11. The van der Waals surface area contributed by atoms with Crippen molar-refractivity contribution in [2.45, 2.75) is 32.2 Å². The highest BCUT2D eigenvalue weighted by Crippen LogP contribution is 2.27. The molecule has 1 fully saturated rings. The van der Waals surface area contributed by atoms with Gasteiger partial charge in [-0.3, -0.25) is 4.79 Å². The number of carbonyl (C=O) groups excluding carboxylic acids is 2. The second kappa shape index (κ2) is 6.56. The predicted molar refractivity (Wildman–Crippen MR) is 76.4 cm³/mol. The van der Waals surface area contributed by atoms with Gasteiger partial charge in [0.15, 0.2) is 0 Å². The predicted octanol–water partition coefficient (Wildman–Crippen LogP) is 2.60. The first kappa shape index (κ1) is 15.3. The normalized spacial score (nSPS) is 20.9. The highest BCUT2D eigenvalue weighted by molar-refractivity contribution is 5.90. The van der Waals surface area contributed by atoms with Crippen LogP contribution in [0.4, 0.5) is 14.9 Å². The van der Waals surface area contributed by atoms with Crippen molar-refractivity contribution in [3.05, 3.63) is 29.6 Å². The Morgan fingerprint density at radius 1 is 1.33 bits per heavy atom. The average Bonchev–Trinajstić information content (AvgIpc) is 2.90. The average molecular weight is 294 g/mol. The van der Waals surface area contributed by atoms with Crippen LogP contribution < -0.4 is 10.6 Å². The minimum absolute atomic E-state index is 0.125. The van der Waals surface area contributed by atoms with Crippen molar-refractivity contribution in [1.82, 2.24) is 5.32 Å². The molecule has 0 bridgehead atoms. The molecule has 1 aliphatic rings. The van der Waals surface area contributed by atoms with E-state index in [2.05, 4.69) is 10.6 Å². The van der Waals surface area contributed by atoms with Gasteiger partial charge in [-0.1, -0.05) is 12.5 Å². The van der Waals surface area contributed by atoms with Gasteiger partial charge < -0.3 is 15.4 Å². The molecule has 0 radical (unpaired) electrons. The molecular weight excluding hydrogens is 275 g/mol. The zero-order valence-corrected chi connectivity index (χ0v) is 12.1. The molecule has 1 aromatic rings. The number of hydrogen-bond donors (Lipinski definition) is 2. The summed E-state index contributed by atoms with van der Waals surface area (Å²) in [6.45, 7) is 1.81. The summed E-state index contributed by atoms with van der Waals surface area (Å²) in [6.07, 6.45) is 2.25. The summed E-state index contributed by atoms with van der Waals surface area (Å²) in [7, 11) is 1.33. The lowest BCUT2D eigenvalue weighted by Crippen LogP contribution is -2.42. The number of benzene rings is 1. The van der Waals surface area contributed by atoms with E-state index in [1.54, 1.807) is 12.1 Å². The minimum Gasteiger partial charge on any atom is -0.469 e. The van der Waals surface area contributed by atoms with E-state index in [4.69, 9.17) is 4.74 Å². The van der Waals surface area contributed by atoms with E-state index in [1.165, 1.54) is 13.2 Å². The fraction of sp³-hybridized carbons (Fsp3) is 0.467. The molecule has 0 spiro atoms. The molecule has 5 nitrogen and oxygen atoms in total. The Labute approximate surface area is 122 Å². The quantitative estimate of drug-likeness (QED) is 0.842. The summed E-state index contributed by atoms with van der Waals surface area (Å²) in [5, 5.41) is 5.20. The number of ether oxygens (including phenoxy) is 1. The first-order valence-electron chi connectivity index (χ1n) is 6.92. The van der Waals surface area contributed by atoms with Crippen LogP contribution in [0.25, 0.3) is 0 Å². The van der Waals surface area contributed by atoms with Crippen LogP contribution in [0.5, 0.6) is 0 Å². The Morgan fingerprint density at radius 2 is 2.10 bits per heavy atom. The molecular formula is C15H19FN2O3. The summed E-state index contributed by atoms with van der Waals surface area (Å²) < 4.78 is 18.3. The molecule has 6 heteroatoms. The van der Waals surface area contributed by atoms with Gasteiger partial charge in [-0.25, -0.2) is 9.18 Å². The fourth-order valence-corrected chi connectivity index (χ4v) is 2.63. The third-order valence-corrected chi connectivity index (χ3v) is 3.71. The van der Waals surface area contributed by atoms with E-state index < -0.39 is 11.8 Å². The van der Waals surface area contributed by atoms with Crippen LogP contribution in [0.3, 0.4) is 0 Å². The van der Waals surface area contributed by atoms with Crippen LogP contribution in [0.1, 0.15) is 24.8 Å². The van der Waals surface area contributed by atoms with E-state index in [0.29, 0.717) is 12.8 Å². The van der Waals surface area contributed by atoms with Crippen molar-refractivity contribution in [3.8, 4) is 0 Å². The number of halogens is 1. The van der Waals surface area contributed by atoms with Gasteiger partial charge in [0, 0.05) is 6.04 Å². The fourth-order valence-electron chi connectivity index (χ4n) is 2.63. The zero-order valence-electron chi connectivity index (χ0n) is 12.1. The van der Waals surface area contributed by atoms with Gasteiger partial charge in [0.1, 0.15) is 5.82 Å². The Bertz CT molecular complexity index is 548. The second-order valence-electron chi connectivity index (χ2n) is 5.25. The van der Waals surface area contributed by atoms with Crippen molar-refractivity contribution < 1.29 is 18.7 Å². The van der Waals surface area contributed by atoms with Gasteiger partial charge in [0.05, 0.1) is 18.7 Å². The monoisotopic (exact) mass is 294 g/mol. The lowest BCUT2D eigenvalue weighted by Gasteiger charge is -2.19. The van der Waals surface area contributed by atoms with Crippen molar-refractivity contribution in [1.29, 1.82) is 0 Å². The molecule has 0 aromatic heterocycles. The number of methoxy groups -OCH3 is 1. The number of aryl methyl sites for hydroxylation is 1. The molecule has 0 unspecified atom stereocenters. The van der Waals surface area contributed by atoms with E-state index >= 15 is 0 Å². The third kappa shape index (κ3) is 3.71. The molecule has 2 amide bonds. The van der Waals surface area contributed by atoms with Crippen molar-refractivity contribution in [2.24, 2.45) is 5.92 Å². The Kier molecular flexibility index (Phi) is 4.77. The largest absolute Gasteiger partial charge is 0.469 e. The maximum absolute atomic E-state index is 13.6. The standard InChI is InChI=1S/C15H19FN2O3/c1-9-6-7-11(16)13(8-9)18-15(20)17-12-5-3-4-10(12)14(19)21-2/h6-8,10,12H,3-5H2,1-2H3,(H2,17,18,20)/t10-,12+/m1/s1. The minimum atomic E-state index is -0.514. The van der Waals surface area contributed by atoms with E-state index in [1.807, 2.05) is 6.92 Å². The number of esters is 1. The lowest BCUT2D eigenvalue weighted by molar-refractivity contribution is -0.145.